The van der Waals surface area contributed by atoms with E-state index in [1.54, 1.807) is 0 Å². The molecule has 6 nitrogen and oxygen atoms in total. The highest BCUT2D eigenvalue weighted by Crippen LogP contribution is 2.36. The monoisotopic (exact) mass is 292 g/mol. The molecular formula is C10H10Cl2N2O4. The summed E-state index contributed by atoms with van der Waals surface area (Å²) in [7, 11) is 0. The van der Waals surface area contributed by atoms with Crippen molar-refractivity contribution in [2.24, 2.45) is 0 Å². The van der Waals surface area contributed by atoms with E-state index < -0.39 is 16.4 Å². The topological polar surface area (TPSA) is 92.5 Å². The number of benzene rings is 1. The molecule has 0 atom stereocenters. The van der Waals surface area contributed by atoms with Crippen molar-refractivity contribution in [1.82, 2.24) is 0 Å². The van der Waals surface area contributed by atoms with Gasteiger partial charge in [-0.15, -0.1) is 0 Å². The highest BCUT2D eigenvalue weighted by molar-refractivity contribution is 6.39. The predicted octanol–water partition coefficient (Wildman–Crippen LogP) is 3.18. The highest BCUT2D eigenvalue weighted by atomic mass is 35.5. The van der Waals surface area contributed by atoms with Crippen molar-refractivity contribution >= 4 is 40.5 Å². The van der Waals surface area contributed by atoms with E-state index in [-0.39, 0.29) is 21.4 Å². The van der Waals surface area contributed by atoms with Gasteiger partial charge < -0.3 is 10.4 Å². The highest BCUT2D eigenvalue weighted by Gasteiger charge is 2.29. The molecule has 0 spiro atoms. The average molecular weight is 293 g/mol. The number of nitrogens with zero attached hydrogens (tertiary/aromatic N) is 1. The van der Waals surface area contributed by atoms with E-state index in [1.807, 2.05) is 0 Å². The number of non-ortho nitro benzene ring substituents is 1. The molecule has 1 aromatic rings. The van der Waals surface area contributed by atoms with E-state index in [9.17, 15) is 14.9 Å². The molecular weight excluding hydrogens is 283 g/mol. The first kappa shape index (κ1) is 14.5. The van der Waals surface area contributed by atoms with Gasteiger partial charge in [0.2, 0.25) is 0 Å². The Morgan fingerprint density at radius 1 is 1.39 bits per heavy atom. The van der Waals surface area contributed by atoms with Crippen LogP contribution in [0.5, 0.6) is 0 Å². The van der Waals surface area contributed by atoms with Gasteiger partial charge in [-0.2, -0.15) is 0 Å². The number of halogens is 2. The maximum atomic E-state index is 11.0. The van der Waals surface area contributed by atoms with Crippen molar-refractivity contribution in [2.45, 2.75) is 19.4 Å². The van der Waals surface area contributed by atoms with E-state index in [0.29, 0.717) is 0 Å². The van der Waals surface area contributed by atoms with Crippen LogP contribution in [0.2, 0.25) is 10.0 Å². The normalized spacial score (nSPS) is 11.1. The zero-order valence-electron chi connectivity index (χ0n) is 9.53. The summed E-state index contributed by atoms with van der Waals surface area (Å²) >= 11 is 11.7. The van der Waals surface area contributed by atoms with Crippen LogP contribution in [0.15, 0.2) is 12.1 Å². The van der Waals surface area contributed by atoms with Crippen LogP contribution in [0.1, 0.15) is 13.8 Å². The molecule has 18 heavy (non-hydrogen) atoms. The number of carboxylic acid groups (broad SMARTS) is 1. The number of carbonyl (C=O) groups is 1. The molecule has 0 fully saturated rings. The van der Waals surface area contributed by atoms with Crippen molar-refractivity contribution in [3.05, 3.63) is 32.3 Å². The second kappa shape index (κ2) is 4.99. The van der Waals surface area contributed by atoms with E-state index >= 15 is 0 Å². The van der Waals surface area contributed by atoms with Gasteiger partial charge in [0, 0.05) is 12.1 Å². The minimum absolute atomic E-state index is 0.0106. The summed E-state index contributed by atoms with van der Waals surface area (Å²) in [5, 5.41) is 22.2. The first-order valence-corrected chi connectivity index (χ1v) is 5.56. The number of nitrogens with one attached hydrogen (secondary N) is 1. The lowest BCUT2D eigenvalue weighted by Crippen LogP contribution is -2.40. The Hall–Kier alpha value is -1.53. The van der Waals surface area contributed by atoms with Crippen LogP contribution in [0.4, 0.5) is 11.4 Å². The molecule has 0 saturated heterocycles. The third kappa shape index (κ3) is 3.02. The van der Waals surface area contributed by atoms with Crippen molar-refractivity contribution < 1.29 is 14.8 Å². The molecule has 0 aromatic heterocycles. The molecule has 0 radical (unpaired) electrons. The number of nitro groups is 1. The lowest BCUT2D eigenvalue weighted by atomic mass is 10.1. The molecule has 0 aliphatic carbocycles. The molecule has 0 saturated carbocycles. The Kier molecular flexibility index (Phi) is 4.03. The summed E-state index contributed by atoms with van der Waals surface area (Å²) in [4.78, 5) is 20.9. The number of carboxylic acids is 1. The van der Waals surface area contributed by atoms with Gasteiger partial charge in [0.25, 0.3) is 5.69 Å². The first-order chi connectivity index (χ1) is 8.15. The number of hydrogen-bond donors (Lipinski definition) is 2. The summed E-state index contributed by atoms with van der Waals surface area (Å²) in [6.45, 7) is 2.84. The zero-order chi connectivity index (χ0) is 14.1. The number of nitro benzene ring substituents is 1. The van der Waals surface area contributed by atoms with Crippen LogP contribution in [-0.4, -0.2) is 21.5 Å². The second-order valence-electron chi connectivity index (χ2n) is 4.10. The fourth-order valence-corrected chi connectivity index (χ4v) is 1.72. The summed E-state index contributed by atoms with van der Waals surface area (Å²) in [5.41, 5.74) is -1.41. The van der Waals surface area contributed by atoms with Crippen LogP contribution in [-0.2, 0) is 4.79 Å². The van der Waals surface area contributed by atoms with Crippen LogP contribution in [0.3, 0.4) is 0 Å². The Labute approximate surface area is 113 Å². The van der Waals surface area contributed by atoms with Gasteiger partial charge in [0.1, 0.15) is 5.54 Å². The largest absolute Gasteiger partial charge is 0.480 e. The molecule has 0 aliphatic rings. The number of hydrogen-bond acceptors (Lipinski definition) is 4. The second-order valence-corrected chi connectivity index (χ2v) is 4.91. The van der Waals surface area contributed by atoms with E-state index in [4.69, 9.17) is 28.3 Å². The van der Waals surface area contributed by atoms with Gasteiger partial charge in [0.05, 0.1) is 20.7 Å². The molecule has 1 rings (SSSR count). The van der Waals surface area contributed by atoms with Gasteiger partial charge in [-0.3, -0.25) is 10.1 Å². The molecule has 98 valence electrons. The van der Waals surface area contributed by atoms with Gasteiger partial charge >= 0.3 is 5.97 Å². The van der Waals surface area contributed by atoms with Gasteiger partial charge in [-0.25, -0.2) is 4.79 Å². The molecule has 2 N–H and O–H groups in total. The zero-order valence-corrected chi connectivity index (χ0v) is 11.0. The van der Waals surface area contributed by atoms with Crippen molar-refractivity contribution in [2.75, 3.05) is 5.32 Å². The molecule has 0 bridgehead atoms. The molecule has 0 amide bonds. The van der Waals surface area contributed by atoms with Crippen LogP contribution in [0.25, 0.3) is 0 Å². The van der Waals surface area contributed by atoms with Crippen LogP contribution >= 0.6 is 23.2 Å². The van der Waals surface area contributed by atoms with Gasteiger partial charge in [-0.1, -0.05) is 23.2 Å². The molecule has 0 heterocycles. The van der Waals surface area contributed by atoms with E-state index in [1.165, 1.54) is 13.8 Å². The predicted molar refractivity (Wildman–Crippen MR) is 68.5 cm³/mol. The number of rotatable bonds is 4. The lowest BCUT2D eigenvalue weighted by molar-refractivity contribution is -0.384. The lowest BCUT2D eigenvalue weighted by Gasteiger charge is -2.23. The average Bonchev–Trinajstić information content (AvgIpc) is 2.22. The summed E-state index contributed by atoms with van der Waals surface area (Å²) in [6.07, 6.45) is 0. The maximum absolute atomic E-state index is 11.0. The third-order valence-corrected chi connectivity index (χ3v) is 2.81. The minimum atomic E-state index is -1.30. The first-order valence-electron chi connectivity index (χ1n) is 4.80. The Balaban J connectivity index is 3.20. The SMILES string of the molecule is CC(C)(Nc1c(Cl)cc([N+](=O)[O-])cc1Cl)C(=O)O. The molecule has 1 aromatic carbocycles. The number of anilines is 1. The van der Waals surface area contributed by atoms with Crippen molar-refractivity contribution in [3.8, 4) is 0 Å². The fraction of sp³-hybridized carbons (Fsp3) is 0.300. The Bertz CT molecular complexity index is 494. The minimum Gasteiger partial charge on any atom is -0.480 e. The smallest absolute Gasteiger partial charge is 0.328 e. The van der Waals surface area contributed by atoms with Gasteiger partial charge in [0.15, 0.2) is 0 Å². The summed E-state index contributed by atoms with van der Waals surface area (Å²) < 4.78 is 0. The third-order valence-electron chi connectivity index (χ3n) is 2.21. The van der Waals surface area contributed by atoms with E-state index in [2.05, 4.69) is 5.32 Å². The van der Waals surface area contributed by atoms with Gasteiger partial charge in [-0.05, 0) is 13.8 Å². The molecule has 0 unspecified atom stereocenters. The Morgan fingerprint density at radius 2 is 1.83 bits per heavy atom. The van der Waals surface area contributed by atoms with Crippen molar-refractivity contribution in [3.63, 3.8) is 0 Å². The van der Waals surface area contributed by atoms with E-state index in [0.717, 1.165) is 12.1 Å². The molecule has 0 aliphatic heterocycles. The summed E-state index contributed by atoms with van der Waals surface area (Å²) in [5.74, 6) is -1.10. The standard InChI is InChI=1S/C10H10Cl2N2O4/c1-10(2,9(15)16)13-8-6(11)3-5(14(17)18)4-7(8)12/h3-4,13H,1-2H3,(H,15,16). The van der Waals surface area contributed by atoms with Crippen LogP contribution in [0, 0.1) is 10.1 Å². The quantitative estimate of drug-likeness (QED) is 0.657. The van der Waals surface area contributed by atoms with Crippen molar-refractivity contribution in [1.29, 1.82) is 0 Å². The molecule has 8 heteroatoms. The Morgan fingerprint density at radius 3 is 2.17 bits per heavy atom. The maximum Gasteiger partial charge on any atom is 0.328 e. The fourth-order valence-electron chi connectivity index (χ4n) is 1.15. The van der Waals surface area contributed by atoms with Crippen LogP contribution < -0.4 is 5.32 Å². The summed E-state index contributed by atoms with van der Waals surface area (Å²) in [6, 6.07) is 2.21. The number of aliphatic carboxylic acids is 1.